The second-order valence-corrected chi connectivity index (χ2v) is 5.93. The van der Waals surface area contributed by atoms with Crippen molar-refractivity contribution in [3.05, 3.63) is 52.1 Å². The summed E-state index contributed by atoms with van der Waals surface area (Å²) in [5, 5.41) is 42.0. The van der Waals surface area contributed by atoms with E-state index in [1.807, 2.05) is 0 Å². The first-order valence-corrected chi connectivity index (χ1v) is 7.86. The molecule has 11 heteroatoms. The Bertz CT molecular complexity index is 1020. The smallest absolute Gasteiger partial charge is 0.339 e. The van der Waals surface area contributed by atoms with Crippen LogP contribution in [0.15, 0.2) is 36.4 Å². The number of non-ortho nitro benzene ring substituents is 1. The molecule has 144 valence electrons. The van der Waals surface area contributed by atoms with Gasteiger partial charge in [-0.25, -0.2) is 9.69 Å². The standard InChI is InChI=1S/C17H13N3O8/c21-13-4-2-9(20(27)28)5-11(13)18-12-7-15(23)19(16(12)24)8-1-3-10(17(25)26)14(22)6-8/h1-6,12,18,21-22H,7H2,(H,25,26). The number of nitro benzene ring substituents is 1. The van der Waals surface area contributed by atoms with Crippen LogP contribution in [-0.2, 0) is 9.59 Å². The maximum absolute atomic E-state index is 12.6. The average molecular weight is 387 g/mol. The van der Waals surface area contributed by atoms with Crippen molar-refractivity contribution >= 4 is 34.8 Å². The zero-order valence-electron chi connectivity index (χ0n) is 14.0. The molecule has 11 nitrogen and oxygen atoms in total. The number of carboxylic acid groups (broad SMARTS) is 1. The van der Waals surface area contributed by atoms with E-state index in [1.165, 1.54) is 6.07 Å². The van der Waals surface area contributed by atoms with Gasteiger partial charge in [0.15, 0.2) is 0 Å². The fourth-order valence-corrected chi connectivity index (χ4v) is 2.80. The number of hydrogen-bond donors (Lipinski definition) is 4. The third-order valence-electron chi connectivity index (χ3n) is 4.14. The van der Waals surface area contributed by atoms with Crippen molar-refractivity contribution in [1.82, 2.24) is 0 Å². The predicted octanol–water partition coefficient (Wildman–Crippen LogP) is 1.45. The Morgan fingerprint density at radius 2 is 1.86 bits per heavy atom. The van der Waals surface area contributed by atoms with Gasteiger partial charge in [0.1, 0.15) is 23.1 Å². The topological polar surface area (TPSA) is 170 Å². The number of phenols is 2. The molecule has 0 spiro atoms. The van der Waals surface area contributed by atoms with E-state index in [4.69, 9.17) is 5.11 Å². The summed E-state index contributed by atoms with van der Waals surface area (Å²) in [5.41, 5.74) is -0.821. The number of rotatable bonds is 5. The van der Waals surface area contributed by atoms with E-state index in [1.54, 1.807) is 0 Å². The number of anilines is 2. The number of aromatic carboxylic acids is 1. The van der Waals surface area contributed by atoms with E-state index in [0.717, 1.165) is 35.2 Å². The van der Waals surface area contributed by atoms with E-state index >= 15 is 0 Å². The first-order chi connectivity index (χ1) is 13.2. The van der Waals surface area contributed by atoms with Crippen LogP contribution in [0.3, 0.4) is 0 Å². The van der Waals surface area contributed by atoms with Gasteiger partial charge in [0.05, 0.1) is 22.7 Å². The lowest BCUT2D eigenvalue weighted by molar-refractivity contribution is -0.384. The van der Waals surface area contributed by atoms with Gasteiger partial charge in [0.25, 0.3) is 11.6 Å². The van der Waals surface area contributed by atoms with Gasteiger partial charge in [-0.15, -0.1) is 0 Å². The number of nitro groups is 1. The highest BCUT2D eigenvalue weighted by atomic mass is 16.6. The number of carbonyl (C=O) groups is 3. The van der Waals surface area contributed by atoms with Crippen LogP contribution >= 0.6 is 0 Å². The van der Waals surface area contributed by atoms with Gasteiger partial charge in [-0.05, 0) is 18.2 Å². The molecule has 4 N–H and O–H groups in total. The molecule has 1 aliphatic rings. The molecule has 0 saturated carbocycles. The molecule has 0 bridgehead atoms. The second-order valence-electron chi connectivity index (χ2n) is 5.93. The van der Waals surface area contributed by atoms with Crippen molar-refractivity contribution in [2.24, 2.45) is 0 Å². The monoisotopic (exact) mass is 387 g/mol. The normalized spacial score (nSPS) is 16.3. The molecule has 1 heterocycles. The van der Waals surface area contributed by atoms with Crippen molar-refractivity contribution in [1.29, 1.82) is 0 Å². The molecule has 0 aliphatic carbocycles. The molecule has 1 aliphatic heterocycles. The fourth-order valence-electron chi connectivity index (χ4n) is 2.80. The first kappa shape index (κ1) is 18.6. The minimum Gasteiger partial charge on any atom is -0.507 e. The molecule has 0 aromatic heterocycles. The minimum absolute atomic E-state index is 0.0231. The number of carbonyl (C=O) groups excluding carboxylic acids is 2. The predicted molar refractivity (Wildman–Crippen MR) is 94.3 cm³/mol. The largest absolute Gasteiger partial charge is 0.507 e. The third kappa shape index (κ3) is 3.28. The lowest BCUT2D eigenvalue weighted by Crippen LogP contribution is -2.34. The maximum atomic E-state index is 12.6. The van der Waals surface area contributed by atoms with Crippen LogP contribution in [0.25, 0.3) is 0 Å². The molecule has 1 atom stereocenters. The van der Waals surface area contributed by atoms with E-state index in [0.29, 0.717) is 0 Å². The summed E-state index contributed by atoms with van der Waals surface area (Å²) in [4.78, 5) is 46.8. The lowest BCUT2D eigenvalue weighted by atomic mass is 10.1. The summed E-state index contributed by atoms with van der Waals surface area (Å²) < 4.78 is 0. The van der Waals surface area contributed by atoms with Crippen LogP contribution in [0, 0.1) is 10.1 Å². The maximum Gasteiger partial charge on any atom is 0.339 e. The van der Waals surface area contributed by atoms with Crippen LogP contribution in [0.2, 0.25) is 0 Å². The Morgan fingerprint density at radius 3 is 2.46 bits per heavy atom. The highest BCUT2D eigenvalue weighted by molar-refractivity contribution is 6.23. The van der Waals surface area contributed by atoms with Gasteiger partial charge >= 0.3 is 5.97 Å². The molecule has 28 heavy (non-hydrogen) atoms. The van der Waals surface area contributed by atoms with Gasteiger partial charge < -0.3 is 20.6 Å². The van der Waals surface area contributed by atoms with Crippen molar-refractivity contribution in [3.8, 4) is 11.5 Å². The van der Waals surface area contributed by atoms with Crippen LogP contribution in [0.4, 0.5) is 17.1 Å². The molecular formula is C17H13N3O8. The van der Waals surface area contributed by atoms with Crippen LogP contribution < -0.4 is 10.2 Å². The molecule has 2 aromatic carbocycles. The van der Waals surface area contributed by atoms with Crippen LogP contribution in [-0.4, -0.2) is 44.1 Å². The highest BCUT2D eigenvalue weighted by Gasteiger charge is 2.40. The zero-order valence-corrected chi connectivity index (χ0v) is 14.0. The summed E-state index contributed by atoms with van der Waals surface area (Å²) in [6.45, 7) is 0. The molecule has 2 amide bonds. The quantitative estimate of drug-likeness (QED) is 0.256. The van der Waals surface area contributed by atoms with Crippen molar-refractivity contribution in [2.45, 2.75) is 12.5 Å². The molecule has 2 aromatic rings. The fraction of sp³-hybridized carbons (Fsp3) is 0.118. The number of amides is 2. The number of hydrogen-bond acceptors (Lipinski definition) is 8. The molecule has 1 saturated heterocycles. The van der Waals surface area contributed by atoms with Gasteiger partial charge in [-0.1, -0.05) is 0 Å². The minimum atomic E-state index is -1.37. The second kappa shape index (κ2) is 6.87. The summed E-state index contributed by atoms with van der Waals surface area (Å²) in [7, 11) is 0. The Hall–Kier alpha value is -4.15. The SMILES string of the molecule is O=C(O)c1ccc(N2C(=O)CC(Nc3cc([N+](=O)[O-])ccc3O)C2=O)cc1O. The zero-order chi connectivity index (χ0) is 20.6. The van der Waals surface area contributed by atoms with Crippen molar-refractivity contribution in [2.75, 3.05) is 10.2 Å². The van der Waals surface area contributed by atoms with Crippen molar-refractivity contribution in [3.63, 3.8) is 0 Å². The lowest BCUT2D eigenvalue weighted by Gasteiger charge is -2.17. The molecular weight excluding hydrogens is 374 g/mol. The highest BCUT2D eigenvalue weighted by Crippen LogP contribution is 2.32. The number of phenolic OH excluding ortho intramolecular Hbond substituents is 1. The summed E-state index contributed by atoms with van der Waals surface area (Å²) >= 11 is 0. The molecule has 1 unspecified atom stereocenters. The molecule has 3 rings (SSSR count). The summed E-state index contributed by atoms with van der Waals surface area (Å²) in [6, 6.07) is 5.33. The van der Waals surface area contributed by atoms with Crippen LogP contribution in [0.1, 0.15) is 16.8 Å². The van der Waals surface area contributed by atoms with Gasteiger partial charge in [-0.2, -0.15) is 0 Å². The molecule has 1 fully saturated rings. The average Bonchev–Trinajstić information content (AvgIpc) is 2.89. The number of aromatic hydroxyl groups is 2. The number of nitrogens with zero attached hydrogens (tertiary/aromatic N) is 2. The number of nitrogens with one attached hydrogen (secondary N) is 1. The molecule has 0 radical (unpaired) electrons. The third-order valence-corrected chi connectivity index (χ3v) is 4.14. The summed E-state index contributed by atoms with van der Waals surface area (Å²) in [6.07, 6.45) is -0.303. The van der Waals surface area contributed by atoms with Gasteiger partial charge in [0, 0.05) is 18.2 Å². The van der Waals surface area contributed by atoms with Crippen LogP contribution in [0.5, 0.6) is 11.5 Å². The van der Waals surface area contributed by atoms with E-state index in [9.17, 15) is 34.7 Å². The number of benzene rings is 2. The number of carboxylic acids is 1. The Morgan fingerprint density at radius 1 is 1.14 bits per heavy atom. The number of imide groups is 1. The van der Waals surface area contributed by atoms with E-state index in [-0.39, 0.29) is 34.8 Å². The van der Waals surface area contributed by atoms with E-state index in [2.05, 4.69) is 5.32 Å². The van der Waals surface area contributed by atoms with Gasteiger partial charge in [0.2, 0.25) is 5.91 Å². The Balaban J connectivity index is 1.87. The first-order valence-electron chi connectivity index (χ1n) is 7.86. The summed E-state index contributed by atoms with van der Waals surface area (Å²) in [5.74, 6) is -3.68. The Labute approximate surface area is 156 Å². The Kier molecular flexibility index (Phi) is 4.57. The van der Waals surface area contributed by atoms with Gasteiger partial charge in [-0.3, -0.25) is 19.7 Å². The van der Waals surface area contributed by atoms with Crippen molar-refractivity contribution < 1.29 is 34.6 Å². The van der Waals surface area contributed by atoms with E-state index < -0.39 is 34.5 Å².